The first-order valence-electron chi connectivity index (χ1n) is 9.64. The molecule has 6 heteroatoms. The molecule has 2 aromatic heterocycles. The number of hydrogen-bond acceptors (Lipinski definition) is 4. The number of rotatable bonds is 1. The van der Waals surface area contributed by atoms with Gasteiger partial charge in [-0.05, 0) is 47.1 Å². The van der Waals surface area contributed by atoms with E-state index in [4.69, 9.17) is 5.73 Å². The number of piperidine rings is 1. The Bertz CT molecular complexity index is 1170. The highest BCUT2D eigenvalue weighted by atomic mass is 16.2. The third-order valence-electron chi connectivity index (χ3n) is 6.08. The van der Waals surface area contributed by atoms with E-state index in [1.807, 2.05) is 33.7 Å². The molecule has 28 heavy (non-hydrogen) atoms. The number of nitrogen functional groups attached to an aromatic ring is 1. The molecule has 4 heterocycles. The fraction of sp³-hybridized carbons (Fsp3) is 0.318. The summed E-state index contributed by atoms with van der Waals surface area (Å²) in [6.07, 6.45) is 2.79. The van der Waals surface area contributed by atoms with Crippen molar-refractivity contribution in [2.24, 2.45) is 5.92 Å². The predicted molar refractivity (Wildman–Crippen MR) is 109 cm³/mol. The summed E-state index contributed by atoms with van der Waals surface area (Å²) in [5.74, 6) is 1.16. The van der Waals surface area contributed by atoms with Gasteiger partial charge < -0.3 is 15.2 Å². The number of nitrogens with two attached hydrogens (primary N) is 1. The first kappa shape index (κ1) is 17.0. The summed E-state index contributed by atoms with van der Waals surface area (Å²) in [6, 6.07) is 11.8. The number of hydrogen-bond donors (Lipinski definition) is 1. The Hall–Kier alpha value is -3.15. The van der Waals surface area contributed by atoms with E-state index in [1.54, 1.807) is 19.2 Å². The van der Waals surface area contributed by atoms with Crippen LogP contribution >= 0.6 is 0 Å². The molecule has 1 amide bonds. The van der Waals surface area contributed by atoms with Crippen molar-refractivity contribution in [3.8, 4) is 11.1 Å². The van der Waals surface area contributed by atoms with E-state index >= 15 is 0 Å². The molecule has 0 aliphatic carbocycles. The van der Waals surface area contributed by atoms with Gasteiger partial charge in [0, 0.05) is 55.8 Å². The van der Waals surface area contributed by atoms with E-state index in [9.17, 15) is 9.59 Å². The van der Waals surface area contributed by atoms with E-state index < -0.39 is 0 Å². The van der Waals surface area contributed by atoms with Crippen molar-refractivity contribution < 1.29 is 4.79 Å². The number of anilines is 1. The molecule has 0 saturated carbocycles. The van der Waals surface area contributed by atoms with Gasteiger partial charge in [-0.3, -0.25) is 9.59 Å². The maximum Gasteiger partial charge on any atom is 0.251 e. The number of carbonyl (C=O) groups excluding carboxylic acids is 1. The second kappa shape index (κ2) is 6.19. The first-order valence-corrected chi connectivity index (χ1v) is 9.64. The summed E-state index contributed by atoms with van der Waals surface area (Å²) in [5.41, 5.74) is 8.80. The van der Waals surface area contributed by atoms with Crippen molar-refractivity contribution in [2.45, 2.75) is 25.8 Å². The lowest BCUT2D eigenvalue weighted by molar-refractivity contribution is -0.131. The van der Waals surface area contributed by atoms with E-state index in [1.165, 1.54) is 0 Å². The van der Waals surface area contributed by atoms with Gasteiger partial charge in [0.1, 0.15) is 5.82 Å². The van der Waals surface area contributed by atoms with Crippen LogP contribution < -0.4 is 11.3 Å². The molecule has 2 aliphatic rings. The van der Waals surface area contributed by atoms with E-state index in [0.29, 0.717) is 24.8 Å². The minimum Gasteiger partial charge on any atom is -0.384 e. The molecule has 0 spiro atoms. The Balaban J connectivity index is 1.60. The minimum absolute atomic E-state index is 0.0350. The maximum atomic E-state index is 12.9. The number of nitrogens with zero attached hydrogens (tertiary/aromatic N) is 3. The number of amides is 1. The molecule has 2 N–H and O–H groups in total. The van der Waals surface area contributed by atoms with Crippen LogP contribution in [0, 0.1) is 5.92 Å². The first-order chi connectivity index (χ1) is 13.5. The standard InChI is InChI=1S/C22H22N4O2/c1-13(27)25-10-14-4-19(12-25)20-6-18(8-22(28)26(20)11-14)15-2-3-16-9-24-21(23)7-17(16)5-15/h2-3,5-9,14,19H,4,10-12H2,1H3,(H2,23,24)/t14-,19+/m0/s1. The summed E-state index contributed by atoms with van der Waals surface area (Å²) >= 11 is 0. The van der Waals surface area contributed by atoms with Crippen LogP contribution in [-0.2, 0) is 11.3 Å². The molecule has 6 nitrogen and oxygen atoms in total. The van der Waals surface area contributed by atoms with Crippen molar-refractivity contribution in [1.29, 1.82) is 0 Å². The molecular weight excluding hydrogens is 352 g/mol. The summed E-state index contributed by atoms with van der Waals surface area (Å²) < 4.78 is 1.91. The molecule has 1 aromatic carbocycles. The third kappa shape index (κ3) is 2.76. The summed E-state index contributed by atoms with van der Waals surface area (Å²) in [4.78, 5) is 30.8. The summed E-state index contributed by atoms with van der Waals surface area (Å²) in [5, 5.41) is 2.02. The van der Waals surface area contributed by atoms with Crippen LogP contribution in [0.3, 0.4) is 0 Å². The van der Waals surface area contributed by atoms with Crippen molar-refractivity contribution in [3.05, 3.63) is 58.6 Å². The zero-order chi connectivity index (χ0) is 19.4. The van der Waals surface area contributed by atoms with Gasteiger partial charge in [0.25, 0.3) is 5.56 Å². The minimum atomic E-state index is 0.0350. The van der Waals surface area contributed by atoms with Crippen molar-refractivity contribution in [1.82, 2.24) is 14.5 Å². The van der Waals surface area contributed by atoms with Crippen molar-refractivity contribution in [2.75, 3.05) is 18.8 Å². The highest BCUT2D eigenvalue weighted by Crippen LogP contribution is 2.37. The monoisotopic (exact) mass is 374 g/mol. The molecule has 5 rings (SSSR count). The van der Waals surface area contributed by atoms with E-state index in [-0.39, 0.29) is 17.4 Å². The second-order valence-electron chi connectivity index (χ2n) is 8.01. The fourth-order valence-electron chi connectivity index (χ4n) is 4.72. The van der Waals surface area contributed by atoms with E-state index in [2.05, 4.69) is 11.1 Å². The van der Waals surface area contributed by atoms with E-state index in [0.717, 1.165) is 40.6 Å². The molecule has 1 fully saturated rings. The molecule has 142 valence electrons. The van der Waals surface area contributed by atoms with Gasteiger partial charge in [-0.25, -0.2) is 4.98 Å². The lowest BCUT2D eigenvalue weighted by Gasteiger charge is -2.42. The summed E-state index contributed by atoms with van der Waals surface area (Å²) in [7, 11) is 0. The lowest BCUT2D eigenvalue weighted by atomic mass is 9.82. The predicted octanol–water partition coefficient (Wildman–Crippen LogP) is 2.61. The van der Waals surface area contributed by atoms with Crippen LogP contribution in [0.25, 0.3) is 21.9 Å². The smallest absolute Gasteiger partial charge is 0.251 e. The molecule has 3 aromatic rings. The van der Waals surface area contributed by atoms with Crippen LogP contribution in [0.1, 0.15) is 25.0 Å². The maximum absolute atomic E-state index is 12.9. The molecule has 2 atom stereocenters. The van der Waals surface area contributed by atoms with Gasteiger partial charge in [0.2, 0.25) is 5.91 Å². The van der Waals surface area contributed by atoms with Crippen LogP contribution in [0.4, 0.5) is 5.82 Å². The van der Waals surface area contributed by atoms with Gasteiger partial charge in [-0.2, -0.15) is 0 Å². The molecule has 0 radical (unpaired) electrons. The number of carbonyl (C=O) groups is 1. The number of benzene rings is 1. The average Bonchev–Trinajstić information content (AvgIpc) is 2.68. The third-order valence-corrected chi connectivity index (χ3v) is 6.08. The summed E-state index contributed by atoms with van der Waals surface area (Å²) in [6.45, 7) is 3.75. The van der Waals surface area contributed by atoms with Crippen molar-refractivity contribution in [3.63, 3.8) is 0 Å². The zero-order valence-corrected chi connectivity index (χ0v) is 15.8. The Morgan fingerprint density at radius 2 is 1.93 bits per heavy atom. The number of pyridine rings is 2. The average molecular weight is 374 g/mol. The molecule has 0 unspecified atom stereocenters. The molecule has 1 saturated heterocycles. The Morgan fingerprint density at radius 3 is 2.75 bits per heavy atom. The van der Waals surface area contributed by atoms with Crippen LogP contribution in [0.5, 0.6) is 0 Å². The van der Waals surface area contributed by atoms with Gasteiger partial charge in [-0.1, -0.05) is 12.1 Å². The largest absolute Gasteiger partial charge is 0.384 e. The number of fused-ring (bicyclic) bond motifs is 5. The van der Waals surface area contributed by atoms with Crippen LogP contribution in [0.2, 0.25) is 0 Å². The highest BCUT2D eigenvalue weighted by molar-refractivity contribution is 5.88. The quantitative estimate of drug-likeness (QED) is 0.710. The molecule has 2 bridgehead atoms. The number of likely N-dealkylation sites (tertiary alicyclic amines) is 1. The molecule has 2 aliphatic heterocycles. The molecular formula is C22H22N4O2. The Morgan fingerprint density at radius 1 is 1.07 bits per heavy atom. The number of aromatic nitrogens is 2. The van der Waals surface area contributed by atoms with Gasteiger partial charge in [0.15, 0.2) is 0 Å². The fourth-order valence-corrected chi connectivity index (χ4v) is 4.72. The van der Waals surface area contributed by atoms with Gasteiger partial charge in [0.05, 0.1) is 0 Å². The van der Waals surface area contributed by atoms with Gasteiger partial charge >= 0.3 is 0 Å². The zero-order valence-electron chi connectivity index (χ0n) is 15.8. The van der Waals surface area contributed by atoms with Gasteiger partial charge in [-0.15, -0.1) is 0 Å². The Labute approximate surface area is 162 Å². The lowest BCUT2D eigenvalue weighted by Crippen LogP contribution is -2.48. The van der Waals surface area contributed by atoms with Crippen LogP contribution in [0.15, 0.2) is 47.4 Å². The Kier molecular flexibility index (Phi) is 3.75. The second-order valence-corrected chi connectivity index (χ2v) is 8.01. The highest BCUT2D eigenvalue weighted by Gasteiger charge is 2.35. The van der Waals surface area contributed by atoms with Crippen molar-refractivity contribution >= 4 is 22.5 Å². The topological polar surface area (TPSA) is 81.2 Å². The normalized spacial score (nSPS) is 20.8. The van der Waals surface area contributed by atoms with Crippen LogP contribution in [-0.4, -0.2) is 33.4 Å². The SMILES string of the molecule is CC(=O)N1C[C@@H]2C[C@H](C1)c1cc(-c3ccc4cnc(N)cc4c3)cc(=O)n1C2.